The number of fused-ring (bicyclic) bond motifs is 1. The lowest BCUT2D eigenvalue weighted by atomic mass is 9.87. The van der Waals surface area contributed by atoms with E-state index in [1.54, 1.807) is 0 Å². The molecule has 1 heterocycles. The van der Waals surface area contributed by atoms with Crippen LogP contribution < -0.4 is 0 Å². The number of carbonyl (C=O) groups excluding carboxylic acids is 1. The van der Waals surface area contributed by atoms with Crippen LogP contribution in [-0.4, -0.2) is 35.5 Å². The summed E-state index contributed by atoms with van der Waals surface area (Å²) in [4.78, 5) is 12.0. The molecular weight excluding hydrogens is 340 g/mol. The Morgan fingerprint density at radius 1 is 1.22 bits per heavy atom. The molecule has 0 aromatic rings. The van der Waals surface area contributed by atoms with Crippen molar-refractivity contribution in [1.82, 2.24) is 0 Å². The quantitative estimate of drug-likeness (QED) is 0.555. The van der Waals surface area contributed by atoms with E-state index in [4.69, 9.17) is 9.47 Å². The largest absolute Gasteiger partial charge is 0.450 e. The molecule has 0 saturated carbocycles. The Bertz CT molecular complexity index is 624. The van der Waals surface area contributed by atoms with E-state index in [1.165, 1.54) is 11.1 Å². The van der Waals surface area contributed by atoms with E-state index in [1.807, 2.05) is 13.8 Å². The van der Waals surface area contributed by atoms with Crippen LogP contribution in [0.5, 0.6) is 0 Å². The van der Waals surface area contributed by atoms with Crippen molar-refractivity contribution < 1.29 is 19.4 Å². The highest BCUT2D eigenvalue weighted by Gasteiger charge is 2.33. The lowest BCUT2D eigenvalue weighted by molar-refractivity contribution is -0.138. The Hall–Kier alpha value is -1.39. The van der Waals surface area contributed by atoms with Crippen molar-refractivity contribution in [3.63, 3.8) is 0 Å². The number of aliphatic hydroxyl groups is 1. The maximum absolute atomic E-state index is 12.0. The molecule has 0 spiro atoms. The second-order valence-electron chi connectivity index (χ2n) is 8.33. The lowest BCUT2D eigenvalue weighted by Gasteiger charge is -2.33. The normalized spacial score (nSPS) is 34.8. The fraction of sp³-hybridized carbons (Fsp3) is 0.696. The van der Waals surface area contributed by atoms with Gasteiger partial charge in [0, 0.05) is 12.2 Å². The number of carbonyl (C=O) groups is 1. The summed E-state index contributed by atoms with van der Waals surface area (Å²) in [7, 11) is 0. The van der Waals surface area contributed by atoms with Crippen LogP contribution in [0.25, 0.3) is 0 Å². The second kappa shape index (κ2) is 9.70. The fourth-order valence-electron chi connectivity index (χ4n) is 3.82. The van der Waals surface area contributed by atoms with Crippen LogP contribution in [0, 0.1) is 0 Å². The topological polar surface area (TPSA) is 55.8 Å². The third-order valence-electron chi connectivity index (χ3n) is 5.75. The van der Waals surface area contributed by atoms with Crippen molar-refractivity contribution >= 4 is 5.97 Å². The van der Waals surface area contributed by atoms with Crippen molar-refractivity contribution in [2.45, 2.75) is 97.4 Å². The van der Waals surface area contributed by atoms with Gasteiger partial charge in [0.05, 0.1) is 11.7 Å². The number of esters is 1. The number of ether oxygens (including phenoxy) is 2. The zero-order chi connectivity index (χ0) is 20.0. The molecule has 4 heteroatoms. The van der Waals surface area contributed by atoms with Gasteiger partial charge < -0.3 is 14.6 Å². The van der Waals surface area contributed by atoms with Crippen LogP contribution in [0.4, 0.5) is 0 Å². The number of rotatable bonds is 3. The van der Waals surface area contributed by atoms with E-state index >= 15 is 0 Å². The van der Waals surface area contributed by atoms with Crippen molar-refractivity contribution in [1.29, 1.82) is 0 Å². The average molecular weight is 377 g/mol. The van der Waals surface area contributed by atoms with Gasteiger partial charge in [-0.25, -0.2) is 4.79 Å². The van der Waals surface area contributed by atoms with Gasteiger partial charge in [-0.1, -0.05) is 24.1 Å². The molecule has 2 rings (SSSR count). The first-order valence-corrected chi connectivity index (χ1v) is 10.3. The molecule has 0 amide bonds. The third kappa shape index (κ3) is 6.05. The molecular formula is C23H36O4. The number of hydrogen-bond donors (Lipinski definition) is 1. The van der Waals surface area contributed by atoms with Crippen LogP contribution in [0.1, 0.15) is 79.6 Å². The zero-order valence-electron chi connectivity index (χ0n) is 17.6. The van der Waals surface area contributed by atoms with E-state index in [0.29, 0.717) is 13.0 Å². The summed E-state index contributed by atoms with van der Waals surface area (Å²) in [6.45, 7) is 10.7. The molecule has 0 saturated heterocycles. The Morgan fingerprint density at radius 2 is 1.96 bits per heavy atom. The predicted molar refractivity (Wildman–Crippen MR) is 108 cm³/mol. The SMILES string of the molecule is CCCO[C@H]1CC/C(C)=C/[C@@H]2OC(=O)C(C)=C2CC/C(C)=C/CC[C@]1(C)O. The predicted octanol–water partition coefficient (Wildman–Crippen LogP) is 5.02. The first-order chi connectivity index (χ1) is 12.7. The van der Waals surface area contributed by atoms with Gasteiger partial charge in [0.2, 0.25) is 0 Å². The van der Waals surface area contributed by atoms with E-state index < -0.39 is 5.60 Å². The smallest absolute Gasteiger partial charge is 0.334 e. The molecule has 2 aliphatic rings. The third-order valence-corrected chi connectivity index (χ3v) is 5.75. The summed E-state index contributed by atoms with van der Waals surface area (Å²) >= 11 is 0. The minimum Gasteiger partial charge on any atom is -0.450 e. The molecule has 1 aliphatic heterocycles. The van der Waals surface area contributed by atoms with Crippen molar-refractivity contribution in [3.8, 4) is 0 Å². The molecule has 4 nitrogen and oxygen atoms in total. The molecule has 27 heavy (non-hydrogen) atoms. The molecule has 3 atom stereocenters. The van der Waals surface area contributed by atoms with Crippen LogP contribution >= 0.6 is 0 Å². The van der Waals surface area contributed by atoms with Crippen molar-refractivity contribution in [3.05, 3.63) is 34.4 Å². The molecule has 0 aromatic carbocycles. The zero-order valence-corrected chi connectivity index (χ0v) is 17.6. The molecule has 0 aromatic heterocycles. The first kappa shape index (κ1) is 21.9. The Labute approximate surface area is 164 Å². The monoisotopic (exact) mass is 376 g/mol. The summed E-state index contributed by atoms with van der Waals surface area (Å²) in [5, 5.41) is 11.0. The van der Waals surface area contributed by atoms with Gasteiger partial charge in [-0.3, -0.25) is 0 Å². The number of allylic oxidation sites excluding steroid dienone is 3. The van der Waals surface area contributed by atoms with Gasteiger partial charge in [-0.05, 0) is 84.3 Å². The molecule has 0 radical (unpaired) electrons. The van der Waals surface area contributed by atoms with Crippen LogP contribution in [0.3, 0.4) is 0 Å². The Balaban J connectivity index is 2.26. The van der Waals surface area contributed by atoms with Gasteiger partial charge in [0.25, 0.3) is 0 Å². The van der Waals surface area contributed by atoms with E-state index in [-0.39, 0.29) is 18.2 Å². The summed E-state index contributed by atoms with van der Waals surface area (Å²) < 4.78 is 11.6. The van der Waals surface area contributed by atoms with E-state index in [0.717, 1.165) is 49.7 Å². The molecule has 0 unspecified atom stereocenters. The van der Waals surface area contributed by atoms with E-state index in [2.05, 4.69) is 32.9 Å². The lowest BCUT2D eigenvalue weighted by Crippen LogP contribution is -2.41. The van der Waals surface area contributed by atoms with Gasteiger partial charge in [-0.15, -0.1) is 0 Å². The van der Waals surface area contributed by atoms with Gasteiger partial charge >= 0.3 is 5.97 Å². The molecule has 0 bridgehead atoms. The summed E-state index contributed by atoms with van der Waals surface area (Å²) in [5.74, 6) is -0.197. The van der Waals surface area contributed by atoms with Crippen molar-refractivity contribution in [2.24, 2.45) is 0 Å². The summed E-state index contributed by atoms with van der Waals surface area (Å²) in [5.41, 5.74) is 3.47. The van der Waals surface area contributed by atoms with Crippen LogP contribution in [0.2, 0.25) is 0 Å². The maximum atomic E-state index is 12.0. The molecule has 152 valence electrons. The maximum Gasteiger partial charge on any atom is 0.334 e. The Kier molecular flexibility index (Phi) is 7.87. The first-order valence-electron chi connectivity index (χ1n) is 10.3. The molecule has 1 N–H and O–H groups in total. The standard InChI is InChI=1S/C23H36O4/c1-6-14-26-21-12-10-17(3)15-20-19(18(4)22(24)27-20)11-9-16(2)8-7-13-23(21,5)25/h8,15,20-21,25H,6-7,9-14H2,1-5H3/b16-8+,17-15+/t20-,21-,23-/m0/s1. The molecule has 1 aliphatic carbocycles. The Morgan fingerprint density at radius 3 is 2.67 bits per heavy atom. The van der Waals surface area contributed by atoms with Gasteiger partial charge in [0.1, 0.15) is 6.10 Å². The van der Waals surface area contributed by atoms with Crippen LogP contribution in [-0.2, 0) is 14.3 Å². The summed E-state index contributed by atoms with van der Waals surface area (Å²) in [6, 6.07) is 0. The highest BCUT2D eigenvalue weighted by atomic mass is 16.5. The van der Waals surface area contributed by atoms with Crippen molar-refractivity contribution in [2.75, 3.05) is 6.61 Å². The molecule has 0 fully saturated rings. The van der Waals surface area contributed by atoms with Gasteiger partial charge in [-0.2, -0.15) is 0 Å². The number of hydrogen-bond acceptors (Lipinski definition) is 4. The average Bonchev–Trinajstić information content (AvgIpc) is 2.85. The fourth-order valence-corrected chi connectivity index (χ4v) is 3.82. The minimum absolute atomic E-state index is 0.194. The highest BCUT2D eigenvalue weighted by Crippen LogP contribution is 2.31. The summed E-state index contributed by atoms with van der Waals surface area (Å²) in [6.07, 6.45) is 9.62. The second-order valence-corrected chi connectivity index (χ2v) is 8.33. The minimum atomic E-state index is -0.849. The van der Waals surface area contributed by atoms with E-state index in [9.17, 15) is 9.90 Å². The van der Waals surface area contributed by atoms with Gasteiger partial charge in [0.15, 0.2) is 0 Å². The van der Waals surface area contributed by atoms with Crippen LogP contribution in [0.15, 0.2) is 34.4 Å². The highest BCUT2D eigenvalue weighted by molar-refractivity contribution is 5.92.